The maximum Gasteiger partial charge on any atom is 0.333 e. The third-order valence-corrected chi connectivity index (χ3v) is 1.71. The third kappa shape index (κ3) is 16.4. The Morgan fingerprint density at radius 2 is 1.95 bits per heavy atom. The smallest absolute Gasteiger partial charge is 0.333 e. The number of carbonyl (C=O) groups is 2. The average Bonchev–Trinajstić information content (AvgIpc) is 2.36. The Morgan fingerprint density at radius 3 is 2.32 bits per heavy atom. The zero-order valence-electron chi connectivity index (χ0n) is 12.0. The highest BCUT2D eigenvalue weighted by atomic mass is 16.5. The van der Waals surface area contributed by atoms with E-state index in [0.29, 0.717) is 12.2 Å². The highest BCUT2D eigenvalue weighted by molar-refractivity contribution is 5.86. The Hall–Kier alpha value is -1.62. The molecule has 0 aliphatic heterocycles. The number of unbranched alkanes of at least 4 members (excludes halogenated alkanes) is 1. The quantitative estimate of drug-likeness (QED) is 0.436. The van der Waals surface area contributed by atoms with E-state index in [1.807, 2.05) is 6.92 Å². The Kier molecular flexibility index (Phi) is 13.3. The van der Waals surface area contributed by atoms with E-state index in [1.54, 1.807) is 13.8 Å². The molecule has 0 aromatic carbocycles. The normalized spacial score (nSPS) is 10.5. The van der Waals surface area contributed by atoms with Crippen molar-refractivity contribution in [2.45, 2.75) is 39.7 Å². The first-order valence-corrected chi connectivity index (χ1v) is 6.15. The van der Waals surface area contributed by atoms with Gasteiger partial charge in [0.1, 0.15) is 6.61 Å². The molecule has 0 saturated carbocycles. The zero-order chi connectivity index (χ0) is 15.3. The van der Waals surface area contributed by atoms with Gasteiger partial charge in [-0.05, 0) is 20.3 Å². The lowest BCUT2D eigenvalue weighted by Gasteiger charge is -2.04. The summed E-state index contributed by atoms with van der Waals surface area (Å²) in [6.07, 6.45) is 2.54. The molecule has 0 radical (unpaired) electrons. The summed E-state index contributed by atoms with van der Waals surface area (Å²) in [4.78, 5) is 21.0. The number of rotatable bonds is 7. The summed E-state index contributed by atoms with van der Waals surface area (Å²) >= 11 is 0. The van der Waals surface area contributed by atoms with Crippen molar-refractivity contribution in [2.24, 2.45) is 0 Å². The molecule has 19 heavy (non-hydrogen) atoms. The average molecular weight is 272 g/mol. The summed E-state index contributed by atoms with van der Waals surface area (Å²) in [7, 11) is 0. The van der Waals surface area contributed by atoms with Crippen molar-refractivity contribution in [3.63, 3.8) is 0 Å². The summed E-state index contributed by atoms with van der Waals surface area (Å²) in [6, 6.07) is 0. The van der Waals surface area contributed by atoms with Crippen molar-refractivity contribution in [3.8, 4) is 0 Å². The van der Waals surface area contributed by atoms with Crippen LogP contribution in [-0.4, -0.2) is 36.4 Å². The Morgan fingerprint density at radius 1 is 1.37 bits per heavy atom. The highest BCUT2D eigenvalue weighted by Crippen LogP contribution is 1.92. The summed E-state index contributed by atoms with van der Waals surface area (Å²) in [6.45, 7) is 12.3. The first-order chi connectivity index (χ1) is 8.84. The van der Waals surface area contributed by atoms with Gasteiger partial charge in [0.05, 0.1) is 12.7 Å². The van der Waals surface area contributed by atoms with E-state index >= 15 is 0 Å². The lowest BCUT2D eigenvalue weighted by molar-refractivity contribution is -0.141. The molecule has 0 aromatic heterocycles. The molecular formula is C14H24O5. The van der Waals surface area contributed by atoms with Crippen molar-refractivity contribution < 1.29 is 24.2 Å². The van der Waals surface area contributed by atoms with E-state index < -0.39 is 12.1 Å². The minimum atomic E-state index is -0.608. The molecule has 1 N–H and O–H groups in total. The largest absolute Gasteiger partial charge is 0.463 e. The van der Waals surface area contributed by atoms with Gasteiger partial charge in [-0.3, -0.25) is 0 Å². The van der Waals surface area contributed by atoms with Crippen LogP contribution in [0, 0.1) is 0 Å². The lowest BCUT2D eigenvalue weighted by atomic mass is 10.3. The SMILES string of the molecule is C=C(C)C(=O)OCC(C)O.C=CC(=O)OCCCC. The van der Waals surface area contributed by atoms with Gasteiger partial charge in [-0.1, -0.05) is 26.5 Å². The predicted octanol–water partition coefficient (Wildman–Crippen LogP) is 2.00. The first kappa shape index (κ1) is 19.7. The number of ether oxygens (including phenoxy) is 2. The molecular weight excluding hydrogens is 248 g/mol. The third-order valence-electron chi connectivity index (χ3n) is 1.71. The standard InChI is InChI=1S/C7H12O3.C7H12O2/c1-5(2)7(9)10-4-6(3)8;1-3-5-6-9-7(8)4-2/h6,8H,1,4H2,2-3H3;4H,2-3,5-6H2,1H3. The van der Waals surface area contributed by atoms with Crippen LogP contribution in [0.25, 0.3) is 0 Å². The Balaban J connectivity index is 0. The fourth-order valence-corrected chi connectivity index (χ4v) is 0.696. The van der Waals surface area contributed by atoms with Gasteiger partial charge >= 0.3 is 11.9 Å². The van der Waals surface area contributed by atoms with Gasteiger partial charge in [0.25, 0.3) is 0 Å². The van der Waals surface area contributed by atoms with Crippen molar-refractivity contribution in [2.75, 3.05) is 13.2 Å². The van der Waals surface area contributed by atoms with Crippen LogP contribution in [0.2, 0.25) is 0 Å². The van der Waals surface area contributed by atoms with Gasteiger partial charge in [0.2, 0.25) is 0 Å². The Labute approximate surface area is 114 Å². The summed E-state index contributed by atoms with van der Waals surface area (Å²) in [5.41, 5.74) is 0.348. The molecule has 0 aliphatic rings. The van der Waals surface area contributed by atoms with E-state index in [0.717, 1.165) is 12.8 Å². The van der Waals surface area contributed by atoms with E-state index in [-0.39, 0.29) is 12.6 Å². The number of esters is 2. The molecule has 1 unspecified atom stereocenters. The van der Waals surface area contributed by atoms with Gasteiger partial charge in [0, 0.05) is 11.6 Å². The summed E-state index contributed by atoms with van der Waals surface area (Å²) in [5, 5.41) is 8.68. The molecule has 0 amide bonds. The second-order valence-corrected chi connectivity index (χ2v) is 3.95. The summed E-state index contributed by atoms with van der Waals surface area (Å²) in [5.74, 6) is -0.788. The van der Waals surface area contributed by atoms with Crippen LogP contribution in [0.4, 0.5) is 0 Å². The van der Waals surface area contributed by atoms with Gasteiger partial charge < -0.3 is 14.6 Å². The predicted molar refractivity (Wildman–Crippen MR) is 73.5 cm³/mol. The number of aliphatic hydroxyl groups excluding tert-OH is 1. The van der Waals surface area contributed by atoms with Crippen LogP contribution in [0.15, 0.2) is 24.8 Å². The van der Waals surface area contributed by atoms with Crippen LogP contribution in [0.5, 0.6) is 0 Å². The van der Waals surface area contributed by atoms with E-state index in [4.69, 9.17) is 5.11 Å². The molecule has 0 saturated heterocycles. The van der Waals surface area contributed by atoms with E-state index in [1.165, 1.54) is 6.08 Å². The molecule has 0 bridgehead atoms. The second-order valence-electron chi connectivity index (χ2n) is 3.95. The molecule has 0 rings (SSSR count). The van der Waals surface area contributed by atoms with Crippen molar-refractivity contribution in [1.82, 2.24) is 0 Å². The van der Waals surface area contributed by atoms with Crippen LogP contribution in [0.3, 0.4) is 0 Å². The molecule has 0 aliphatic carbocycles. The first-order valence-electron chi connectivity index (χ1n) is 6.15. The van der Waals surface area contributed by atoms with Crippen LogP contribution < -0.4 is 0 Å². The van der Waals surface area contributed by atoms with Crippen LogP contribution in [-0.2, 0) is 19.1 Å². The molecule has 0 fully saturated rings. The van der Waals surface area contributed by atoms with Gasteiger partial charge in [-0.2, -0.15) is 0 Å². The lowest BCUT2D eigenvalue weighted by Crippen LogP contribution is -2.15. The monoisotopic (exact) mass is 272 g/mol. The minimum Gasteiger partial charge on any atom is -0.463 e. The van der Waals surface area contributed by atoms with Crippen LogP contribution in [0.1, 0.15) is 33.6 Å². The van der Waals surface area contributed by atoms with Crippen LogP contribution >= 0.6 is 0 Å². The Bertz CT molecular complexity index is 294. The zero-order valence-corrected chi connectivity index (χ0v) is 12.0. The minimum absolute atomic E-state index is 0.0334. The maximum absolute atomic E-state index is 10.6. The molecule has 0 aromatic rings. The van der Waals surface area contributed by atoms with Gasteiger partial charge in [0.15, 0.2) is 0 Å². The highest BCUT2D eigenvalue weighted by Gasteiger charge is 2.03. The second kappa shape index (κ2) is 12.8. The fourth-order valence-electron chi connectivity index (χ4n) is 0.696. The van der Waals surface area contributed by atoms with E-state index in [9.17, 15) is 9.59 Å². The molecule has 5 heteroatoms. The van der Waals surface area contributed by atoms with Crippen molar-refractivity contribution in [3.05, 3.63) is 24.8 Å². The van der Waals surface area contributed by atoms with Gasteiger partial charge in [-0.25, -0.2) is 9.59 Å². The van der Waals surface area contributed by atoms with Gasteiger partial charge in [-0.15, -0.1) is 0 Å². The van der Waals surface area contributed by atoms with Crippen molar-refractivity contribution >= 4 is 11.9 Å². The molecule has 0 spiro atoms. The molecule has 0 heterocycles. The summed E-state index contributed by atoms with van der Waals surface area (Å²) < 4.78 is 9.25. The molecule has 1 atom stereocenters. The number of hydrogen-bond donors (Lipinski definition) is 1. The van der Waals surface area contributed by atoms with E-state index in [2.05, 4.69) is 22.6 Å². The topological polar surface area (TPSA) is 72.8 Å². The number of aliphatic hydroxyl groups is 1. The van der Waals surface area contributed by atoms with Crippen molar-refractivity contribution in [1.29, 1.82) is 0 Å². The number of hydrogen-bond acceptors (Lipinski definition) is 5. The number of carbonyl (C=O) groups excluding carboxylic acids is 2. The fraction of sp³-hybridized carbons (Fsp3) is 0.571. The molecule has 110 valence electrons. The maximum atomic E-state index is 10.6. The molecule has 5 nitrogen and oxygen atoms in total.